The summed E-state index contributed by atoms with van der Waals surface area (Å²) in [6.45, 7) is 3.06. The minimum absolute atomic E-state index is 0.120. The predicted molar refractivity (Wildman–Crippen MR) is 123 cm³/mol. The summed E-state index contributed by atoms with van der Waals surface area (Å²) in [5.74, 6) is -0.516. The molecular weight excluding hydrogens is 426 g/mol. The van der Waals surface area contributed by atoms with Crippen molar-refractivity contribution < 1.29 is 18.0 Å². The SMILES string of the molecule is CCNC(=O)c1ccc(NC(=O)C2CCN(S(=O)(=O)c3ccc4c(c3)CCC4)CC2)cc1. The number of carbonyl (C=O) groups is 2. The van der Waals surface area contributed by atoms with Gasteiger partial charge in [0.2, 0.25) is 15.9 Å². The summed E-state index contributed by atoms with van der Waals surface area (Å²) >= 11 is 0. The van der Waals surface area contributed by atoms with Gasteiger partial charge in [0, 0.05) is 36.8 Å². The van der Waals surface area contributed by atoms with Crippen molar-refractivity contribution in [3.8, 4) is 0 Å². The second-order valence-electron chi connectivity index (χ2n) is 8.39. The third-order valence-corrected chi connectivity index (χ3v) is 8.18. The van der Waals surface area contributed by atoms with Crippen molar-refractivity contribution in [3.63, 3.8) is 0 Å². The van der Waals surface area contributed by atoms with Gasteiger partial charge < -0.3 is 10.6 Å². The first kappa shape index (κ1) is 22.5. The Balaban J connectivity index is 1.34. The van der Waals surface area contributed by atoms with Gasteiger partial charge in [-0.3, -0.25) is 9.59 Å². The molecule has 2 aromatic carbocycles. The van der Waals surface area contributed by atoms with E-state index >= 15 is 0 Å². The van der Waals surface area contributed by atoms with Gasteiger partial charge in [-0.05, 0) is 86.6 Å². The van der Waals surface area contributed by atoms with Gasteiger partial charge in [0.25, 0.3) is 5.91 Å². The van der Waals surface area contributed by atoms with Crippen LogP contribution in [0, 0.1) is 5.92 Å². The zero-order valence-corrected chi connectivity index (χ0v) is 19.1. The van der Waals surface area contributed by atoms with Crippen LogP contribution in [0.3, 0.4) is 0 Å². The van der Waals surface area contributed by atoms with Gasteiger partial charge >= 0.3 is 0 Å². The molecule has 170 valence electrons. The predicted octanol–water partition coefficient (Wildman–Crippen LogP) is 2.96. The number of hydrogen-bond acceptors (Lipinski definition) is 4. The van der Waals surface area contributed by atoms with Crippen molar-refractivity contribution in [2.75, 3.05) is 25.0 Å². The van der Waals surface area contributed by atoms with E-state index in [1.165, 1.54) is 9.87 Å². The number of sulfonamides is 1. The van der Waals surface area contributed by atoms with Gasteiger partial charge in [-0.1, -0.05) is 6.07 Å². The normalized spacial score (nSPS) is 17.0. The number of nitrogens with one attached hydrogen (secondary N) is 2. The zero-order valence-electron chi connectivity index (χ0n) is 18.3. The first-order valence-electron chi connectivity index (χ1n) is 11.2. The standard InChI is InChI=1S/C24H29N3O4S/c1-2-25-23(28)18-6-9-21(10-7-18)26-24(29)19-12-14-27(15-13-19)32(30,31)22-11-8-17-4-3-5-20(17)16-22/h6-11,16,19H,2-5,12-15H2,1H3,(H,25,28)(H,26,29). The third kappa shape index (κ3) is 4.71. The summed E-state index contributed by atoms with van der Waals surface area (Å²) in [5.41, 5.74) is 3.54. The molecule has 1 fully saturated rings. The van der Waals surface area contributed by atoms with E-state index in [1.807, 2.05) is 19.1 Å². The van der Waals surface area contributed by atoms with Crippen LogP contribution in [-0.4, -0.2) is 44.2 Å². The summed E-state index contributed by atoms with van der Waals surface area (Å²) in [4.78, 5) is 24.9. The highest BCUT2D eigenvalue weighted by Gasteiger charge is 2.32. The highest BCUT2D eigenvalue weighted by molar-refractivity contribution is 7.89. The van der Waals surface area contributed by atoms with E-state index in [0.717, 1.165) is 24.8 Å². The lowest BCUT2D eigenvalue weighted by molar-refractivity contribution is -0.120. The molecule has 0 radical (unpaired) electrons. The van der Waals surface area contributed by atoms with E-state index in [1.54, 1.807) is 30.3 Å². The van der Waals surface area contributed by atoms with E-state index < -0.39 is 10.0 Å². The van der Waals surface area contributed by atoms with Crippen molar-refractivity contribution in [1.82, 2.24) is 9.62 Å². The Morgan fingerprint density at radius 1 is 1.00 bits per heavy atom. The van der Waals surface area contributed by atoms with Crippen LogP contribution in [0.2, 0.25) is 0 Å². The fourth-order valence-corrected chi connectivity index (χ4v) is 5.95. The highest BCUT2D eigenvalue weighted by atomic mass is 32.2. The maximum absolute atomic E-state index is 13.1. The Morgan fingerprint density at radius 3 is 2.38 bits per heavy atom. The molecule has 0 unspecified atom stereocenters. The number of amides is 2. The smallest absolute Gasteiger partial charge is 0.251 e. The molecule has 0 spiro atoms. The highest BCUT2D eigenvalue weighted by Crippen LogP contribution is 2.29. The Kier molecular flexibility index (Phi) is 6.62. The average molecular weight is 456 g/mol. The van der Waals surface area contributed by atoms with Crippen LogP contribution in [0.5, 0.6) is 0 Å². The lowest BCUT2D eigenvalue weighted by Crippen LogP contribution is -2.41. The Morgan fingerprint density at radius 2 is 1.69 bits per heavy atom. The van der Waals surface area contributed by atoms with Crippen molar-refractivity contribution in [3.05, 3.63) is 59.2 Å². The van der Waals surface area contributed by atoms with Crippen LogP contribution < -0.4 is 10.6 Å². The molecular formula is C24H29N3O4S. The second-order valence-corrected chi connectivity index (χ2v) is 10.3. The largest absolute Gasteiger partial charge is 0.352 e. The number of anilines is 1. The summed E-state index contributed by atoms with van der Waals surface area (Å²) in [7, 11) is -3.55. The van der Waals surface area contributed by atoms with Gasteiger partial charge in [0.15, 0.2) is 0 Å². The lowest BCUT2D eigenvalue weighted by Gasteiger charge is -2.30. The third-order valence-electron chi connectivity index (χ3n) is 6.28. The maximum atomic E-state index is 13.1. The van der Waals surface area contributed by atoms with Gasteiger partial charge in [0.05, 0.1) is 4.90 Å². The number of piperidine rings is 1. The molecule has 1 heterocycles. The molecule has 2 aromatic rings. The van der Waals surface area contributed by atoms with Crippen LogP contribution in [0.15, 0.2) is 47.4 Å². The van der Waals surface area contributed by atoms with Gasteiger partial charge in [0.1, 0.15) is 0 Å². The molecule has 1 aliphatic heterocycles. The molecule has 1 saturated heterocycles. The van der Waals surface area contributed by atoms with Crippen LogP contribution in [-0.2, 0) is 27.7 Å². The fraction of sp³-hybridized carbons (Fsp3) is 0.417. The Bertz CT molecular complexity index is 1100. The fourth-order valence-electron chi connectivity index (χ4n) is 4.43. The Labute approximate surface area is 189 Å². The van der Waals surface area contributed by atoms with Crippen molar-refractivity contribution >= 4 is 27.5 Å². The number of rotatable bonds is 6. The van der Waals surface area contributed by atoms with E-state index in [9.17, 15) is 18.0 Å². The number of nitrogens with zero attached hydrogens (tertiary/aromatic N) is 1. The molecule has 4 rings (SSSR count). The second kappa shape index (κ2) is 9.42. The molecule has 2 N–H and O–H groups in total. The van der Waals surface area contributed by atoms with Gasteiger partial charge in [-0.15, -0.1) is 0 Å². The van der Waals surface area contributed by atoms with Crippen molar-refractivity contribution in [1.29, 1.82) is 0 Å². The van der Waals surface area contributed by atoms with Gasteiger partial charge in [-0.2, -0.15) is 4.31 Å². The number of benzene rings is 2. The number of fused-ring (bicyclic) bond motifs is 1. The molecule has 0 atom stereocenters. The quantitative estimate of drug-likeness (QED) is 0.700. The van der Waals surface area contributed by atoms with Crippen LogP contribution >= 0.6 is 0 Å². The molecule has 1 aliphatic carbocycles. The molecule has 0 saturated carbocycles. The summed E-state index contributed by atoms with van der Waals surface area (Å²) in [6.07, 6.45) is 3.99. The summed E-state index contributed by atoms with van der Waals surface area (Å²) < 4.78 is 27.7. The first-order valence-corrected chi connectivity index (χ1v) is 12.6. The minimum atomic E-state index is -3.55. The maximum Gasteiger partial charge on any atom is 0.251 e. The monoisotopic (exact) mass is 455 g/mol. The molecule has 2 aliphatic rings. The van der Waals surface area contributed by atoms with Crippen molar-refractivity contribution in [2.45, 2.75) is 43.9 Å². The molecule has 8 heteroatoms. The zero-order chi connectivity index (χ0) is 22.7. The Hall–Kier alpha value is -2.71. The summed E-state index contributed by atoms with van der Waals surface area (Å²) in [5, 5.41) is 5.62. The van der Waals surface area contributed by atoms with Crippen LogP contribution in [0.25, 0.3) is 0 Å². The lowest BCUT2D eigenvalue weighted by atomic mass is 9.97. The van der Waals surface area contributed by atoms with Crippen LogP contribution in [0.1, 0.15) is 47.7 Å². The average Bonchev–Trinajstić information content (AvgIpc) is 3.28. The summed E-state index contributed by atoms with van der Waals surface area (Å²) in [6, 6.07) is 12.2. The topological polar surface area (TPSA) is 95.6 Å². The molecule has 32 heavy (non-hydrogen) atoms. The van der Waals surface area contributed by atoms with E-state index in [4.69, 9.17) is 0 Å². The molecule has 2 amide bonds. The van der Waals surface area contributed by atoms with E-state index in [-0.39, 0.29) is 17.7 Å². The number of hydrogen-bond donors (Lipinski definition) is 2. The minimum Gasteiger partial charge on any atom is -0.352 e. The van der Waals surface area contributed by atoms with Gasteiger partial charge in [-0.25, -0.2) is 8.42 Å². The van der Waals surface area contributed by atoms with E-state index in [0.29, 0.717) is 48.6 Å². The molecule has 0 bridgehead atoms. The number of carbonyl (C=O) groups excluding carboxylic acids is 2. The first-order chi connectivity index (χ1) is 15.4. The molecule has 7 nitrogen and oxygen atoms in total. The number of aryl methyl sites for hydroxylation is 2. The van der Waals surface area contributed by atoms with Crippen LogP contribution in [0.4, 0.5) is 5.69 Å². The van der Waals surface area contributed by atoms with E-state index in [2.05, 4.69) is 10.6 Å². The molecule has 0 aromatic heterocycles. The van der Waals surface area contributed by atoms with Crippen molar-refractivity contribution in [2.24, 2.45) is 5.92 Å².